The van der Waals surface area contributed by atoms with Gasteiger partial charge in [0.15, 0.2) is 18.8 Å². The lowest BCUT2D eigenvalue weighted by Crippen LogP contribution is -2.68. The Kier molecular flexibility index (Phi) is 18.4. The van der Waals surface area contributed by atoms with Crippen LogP contribution in [-0.4, -0.2) is 130 Å². The maximum atomic E-state index is 13.4. The van der Waals surface area contributed by atoms with E-state index in [4.69, 9.17) is 49.1 Å². The fourth-order valence-corrected chi connectivity index (χ4v) is 5.52. The zero-order valence-electron chi connectivity index (χ0n) is 27.1. The van der Waals surface area contributed by atoms with Gasteiger partial charge in [-0.25, -0.2) is 4.79 Å². The molecule has 0 aliphatic carbocycles. The minimum atomic E-state index is -1.99. The second kappa shape index (κ2) is 21.1. The average Bonchev–Trinajstić information content (AvgIpc) is 2.98. The molecule has 1 saturated heterocycles. The molecule has 0 spiro atoms. The molecule has 0 aromatic carbocycles. The lowest BCUT2D eigenvalue weighted by molar-refractivity contribution is -0.224. The summed E-state index contributed by atoms with van der Waals surface area (Å²) in [6, 6.07) is -1.43. The number of rotatable bonds is 19. The number of hydrogen-bond acceptors (Lipinski definition) is 17. The summed E-state index contributed by atoms with van der Waals surface area (Å²) in [5.41, 5.74) is 0. The van der Waals surface area contributed by atoms with Crippen LogP contribution in [0.3, 0.4) is 0 Å². The van der Waals surface area contributed by atoms with Crippen LogP contribution in [0.2, 0.25) is 0 Å². The number of amides is 1. The minimum Gasteiger partial charge on any atom is -0.466 e. The van der Waals surface area contributed by atoms with Crippen molar-refractivity contribution in [3.8, 4) is 12.3 Å². The van der Waals surface area contributed by atoms with E-state index in [0.717, 1.165) is 53.5 Å². The van der Waals surface area contributed by atoms with Crippen LogP contribution in [0.15, 0.2) is 0 Å². The number of methoxy groups -OCH3 is 1. The minimum absolute atomic E-state index is 0.0769. The Labute approximate surface area is 276 Å². The molecule has 1 aliphatic heterocycles. The number of carbonyl (C=O) groups is 7. The average molecular weight is 692 g/mol. The van der Waals surface area contributed by atoms with Gasteiger partial charge in [-0.15, -0.1) is 18.2 Å². The van der Waals surface area contributed by atoms with Crippen molar-refractivity contribution < 1.29 is 76.2 Å². The van der Waals surface area contributed by atoms with Gasteiger partial charge in [0.05, 0.1) is 33.0 Å². The molecule has 1 N–H and O–H groups in total. The summed E-state index contributed by atoms with van der Waals surface area (Å²) in [4.78, 5) is 84.2. The Morgan fingerprint density at radius 3 is 2.09 bits per heavy atom. The number of carbonyl (C=O) groups excluding carboxylic acids is 7. The van der Waals surface area contributed by atoms with Crippen LogP contribution >= 0.6 is 11.8 Å². The third-order valence-electron chi connectivity index (χ3n) is 5.98. The van der Waals surface area contributed by atoms with Crippen LogP contribution in [0, 0.1) is 12.3 Å². The van der Waals surface area contributed by atoms with Crippen molar-refractivity contribution in [2.45, 2.75) is 76.4 Å². The van der Waals surface area contributed by atoms with E-state index < -0.39 is 96.7 Å². The Hall–Kier alpha value is -3.92. The van der Waals surface area contributed by atoms with E-state index >= 15 is 0 Å². The normalized spacial score (nSPS) is 21.5. The number of esters is 6. The van der Waals surface area contributed by atoms with E-state index in [-0.39, 0.29) is 32.2 Å². The predicted octanol–water partition coefficient (Wildman–Crippen LogP) is -0.550. The Morgan fingerprint density at radius 1 is 0.894 bits per heavy atom. The highest BCUT2D eigenvalue weighted by atomic mass is 32.2. The topological polar surface area (TPSA) is 215 Å². The highest BCUT2D eigenvalue weighted by Gasteiger charge is 2.58. The van der Waals surface area contributed by atoms with Crippen molar-refractivity contribution in [1.82, 2.24) is 5.32 Å². The van der Waals surface area contributed by atoms with Crippen molar-refractivity contribution in [2.24, 2.45) is 0 Å². The lowest BCUT2D eigenvalue weighted by atomic mass is 9.89. The van der Waals surface area contributed by atoms with Crippen LogP contribution in [0.5, 0.6) is 0 Å². The Balaban J connectivity index is 3.70. The van der Waals surface area contributed by atoms with Gasteiger partial charge >= 0.3 is 35.8 Å². The Bertz CT molecular complexity index is 1160. The van der Waals surface area contributed by atoms with E-state index in [1.165, 1.54) is 0 Å². The number of nitrogens with one attached hydrogen (secondary N) is 1. The molecule has 0 saturated carbocycles. The summed E-state index contributed by atoms with van der Waals surface area (Å²) in [7, 11) is 1.09. The monoisotopic (exact) mass is 691 g/mol. The van der Waals surface area contributed by atoms with Crippen molar-refractivity contribution >= 4 is 53.5 Å². The van der Waals surface area contributed by atoms with Gasteiger partial charge in [0.1, 0.15) is 25.4 Å². The van der Waals surface area contributed by atoms with Gasteiger partial charge in [0.2, 0.25) is 4.93 Å². The molecular weight excluding hydrogens is 650 g/mol. The van der Waals surface area contributed by atoms with Gasteiger partial charge in [-0.3, -0.25) is 28.8 Å². The molecule has 0 unspecified atom stereocenters. The molecule has 17 nitrogen and oxygen atoms in total. The fraction of sp³-hybridized carbons (Fsp3) is 0.690. The van der Waals surface area contributed by atoms with Gasteiger partial charge in [-0.05, 0) is 0 Å². The molecule has 0 radical (unpaired) electrons. The number of hydrogen-bond donors (Lipinski definition) is 1. The molecule has 1 rings (SSSR count). The van der Waals surface area contributed by atoms with Crippen LogP contribution in [0.25, 0.3) is 0 Å². The zero-order valence-corrected chi connectivity index (χ0v) is 27.9. The maximum Gasteiger partial charge on any atom is 0.348 e. The van der Waals surface area contributed by atoms with Crippen LogP contribution in [-0.2, 0) is 76.2 Å². The van der Waals surface area contributed by atoms with E-state index in [0.29, 0.717) is 0 Å². The molecular formula is C29H41NO16S. The lowest BCUT2D eigenvalue weighted by Gasteiger charge is -2.48. The quantitative estimate of drug-likeness (QED) is 0.0778. The van der Waals surface area contributed by atoms with Crippen molar-refractivity contribution in [3.63, 3.8) is 0 Å². The SMILES string of the molecule is C#CCOCCOCCS[C@@]1(C(=O)OC)C[C@H](OC(C)=O)[C@@H](NC(=O)COC(C)=O)[C@H]([C@H](OC(C)=O)[C@@H](COC(C)=O)OC(C)=O)O1. The molecule has 1 aliphatic rings. The molecule has 264 valence electrons. The van der Waals surface area contributed by atoms with Crippen molar-refractivity contribution in [2.75, 3.05) is 52.5 Å². The largest absolute Gasteiger partial charge is 0.466 e. The Morgan fingerprint density at radius 2 is 1.53 bits per heavy atom. The van der Waals surface area contributed by atoms with Crippen LogP contribution in [0.1, 0.15) is 41.0 Å². The molecule has 1 heterocycles. The first-order chi connectivity index (χ1) is 22.1. The molecule has 0 aromatic heterocycles. The smallest absolute Gasteiger partial charge is 0.348 e. The summed E-state index contributed by atoms with van der Waals surface area (Å²) >= 11 is 0.894. The molecule has 6 atom stereocenters. The standard InChI is InChI=1S/C29H41NO16S/c1-8-9-39-10-11-40-12-13-47-29(28(37)38-7)14-22(43-19(4)33)25(30-24(36)16-42-18(3)32)27(46-29)26(45-21(6)35)23(44-20(5)34)15-41-17(2)31/h1,22-23,25-27H,9-16H2,2-7H3,(H,30,36)/t22-,23+,25+,26+,27+,29+/m0/s1. The number of thioether (sulfide) groups is 1. The predicted molar refractivity (Wildman–Crippen MR) is 159 cm³/mol. The fourth-order valence-electron chi connectivity index (χ4n) is 4.32. The molecule has 47 heavy (non-hydrogen) atoms. The summed E-state index contributed by atoms with van der Waals surface area (Å²) in [6.45, 7) is 4.47. The van der Waals surface area contributed by atoms with Gasteiger partial charge in [0, 0.05) is 46.8 Å². The maximum absolute atomic E-state index is 13.4. The highest BCUT2D eigenvalue weighted by molar-refractivity contribution is 8.01. The van der Waals surface area contributed by atoms with Gasteiger partial charge in [-0.2, -0.15) is 0 Å². The highest BCUT2D eigenvalue weighted by Crippen LogP contribution is 2.42. The second-order valence-corrected chi connectivity index (χ2v) is 11.2. The van der Waals surface area contributed by atoms with E-state index in [2.05, 4.69) is 11.2 Å². The summed E-state index contributed by atoms with van der Waals surface area (Å²) in [6.07, 6.45) is -1.53. The number of ether oxygens (including phenoxy) is 9. The second-order valence-electron chi connectivity index (χ2n) is 9.79. The van der Waals surface area contributed by atoms with Gasteiger partial charge in [0.25, 0.3) is 5.91 Å². The van der Waals surface area contributed by atoms with Gasteiger partial charge in [-0.1, -0.05) is 5.92 Å². The summed E-state index contributed by atoms with van der Waals surface area (Å²) < 4.78 is 48.3. The van der Waals surface area contributed by atoms with Crippen molar-refractivity contribution in [3.05, 3.63) is 0 Å². The van der Waals surface area contributed by atoms with E-state index in [1.54, 1.807) is 0 Å². The summed E-state index contributed by atoms with van der Waals surface area (Å²) in [5.74, 6) is -3.58. The van der Waals surface area contributed by atoms with Gasteiger partial charge < -0.3 is 47.9 Å². The summed E-state index contributed by atoms with van der Waals surface area (Å²) in [5, 5.41) is 2.53. The van der Waals surface area contributed by atoms with Crippen LogP contribution in [0.4, 0.5) is 0 Å². The number of terminal acetylenes is 1. The molecule has 18 heteroatoms. The molecule has 1 amide bonds. The first kappa shape index (κ1) is 41.1. The van der Waals surface area contributed by atoms with Crippen LogP contribution < -0.4 is 5.32 Å². The zero-order chi connectivity index (χ0) is 35.6. The van der Waals surface area contributed by atoms with E-state index in [9.17, 15) is 33.6 Å². The third kappa shape index (κ3) is 15.0. The van der Waals surface area contributed by atoms with Crippen molar-refractivity contribution in [1.29, 1.82) is 0 Å². The first-order valence-electron chi connectivity index (χ1n) is 14.2. The third-order valence-corrected chi connectivity index (χ3v) is 7.25. The molecule has 0 aromatic rings. The first-order valence-corrected chi connectivity index (χ1v) is 15.2. The van der Waals surface area contributed by atoms with E-state index in [1.807, 2.05) is 0 Å². The molecule has 1 fully saturated rings. The molecule has 0 bridgehead atoms.